The molecule has 1 fully saturated rings. The Morgan fingerprint density at radius 3 is 2.29 bits per heavy atom. The molecule has 0 atom stereocenters. The van der Waals surface area contributed by atoms with E-state index in [1.165, 1.54) is 31.4 Å². The number of fused-ring (bicyclic) bond motifs is 1. The number of methoxy groups -OCH3 is 1. The molecule has 5 rings (SSSR count). The number of carbonyl (C=O) groups is 1. The Hall–Kier alpha value is -3.82. The van der Waals surface area contributed by atoms with Gasteiger partial charge in [0.05, 0.1) is 41.7 Å². The normalized spacial score (nSPS) is 14.7. The summed E-state index contributed by atoms with van der Waals surface area (Å²) in [5.74, 6) is -4.68. The number of nitrogens with zero attached hydrogens (tertiary/aromatic N) is 1. The van der Waals surface area contributed by atoms with Crippen LogP contribution in [0, 0.1) is 17.5 Å². The fraction of sp³-hybridized carbons (Fsp3) is 0.192. The molecule has 0 aliphatic carbocycles. The van der Waals surface area contributed by atoms with Gasteiger partial charge in [-0.3, -0.25) is 0 Å². The Kier molecular flexibility index (Phi) is 5.53. The highest BCUT2D eigenvalue weighted by atomic mass is 19.2. The van der Waals surface area contributed by atoms with Crippen molar-refractivity contribution in [3.05, 3.63) is 83.3 Å². The average Bonchev–Trinajstić information content (AvgIpc) is 3.16. The molecular weight excluding hydrogens is 463 g/mol. The molecule has 1 aliphatic rings. The minimum Gasteiger partial charge on any atom is -0.504 e. The van der Waals surface area contributed by atoms with Crippen LogP contribution in [0.2, 0.25) is 0 Å². The number of phenols is 1. The zero-order valence-corrected chi connectivity index (χ0v) is 18.5. The van der Waals surface area contributed by atoms with Crippen LogP contribution in [0.3, 0.4) is 0 Å². The minimum absolute atomic E-state index is 0.0497. The highest BCUT2D eigenvalue weighted by molar-refractivity contribution is 6.04. The molecule has 0 radical (unpaired) electrons. The molecule has 0 spiro atoms. The number of carboxylic acid groups (broad SMARTS) is 1. The zero-order valence-electron chi connectivity index (χ0n) is 18.5. The van der Waals surface area contributed by atoms with Crippen LogP contribution < -0.4 is 0 Å². The third kappa shape index (κ3) is 3.55. The molecule has 35 heavy (non-hydrogen) atoms. The number of phenolic OH excluding ortho intramolecular Hbond substituents is 1. The summed E-state index contributed by atoms with van der Waals surface area (Å²) >= 11 is 0. The Morgan fingerprint density at radius 2 is 1.71 bits per heavy atom. The van der Waals surface area contributed by atoms with Gasteiger partial charge in [0.25, 0.3) is 0 Å². The number of halogens is 3. The summed E-state index contributed by atoms with van der Waals surface area (Å²) in [5.41, 5.74) is 1.35. The molecule has 2 heterocycles. The Balaban J connectivity index is 1.94. The summed E-state index contributed by atoms with van der Waals surface area (Å²) < 4.78 is 55.4. The molecular formula is C26H20F3NO5. The fourth-order valence-corrected chi connectivity index (χ4v) is 4.71. The molecule has 9 heteroatoms. The molecule has 6 nitrogen and oxygen atoms in total. The SMILES string of the molecule is COCC1(c2c(-c3ccc(C(=O)O)cc3)c3c(O)c(F)ccc3n2-c2ccc(F)c(F)c2)COC1. The quantitative estimate of drug-likeness (QED) is 0.402. The first-order valence-corrected chi connectivity index (χ1v) is 10.7. The van der Waals surface area contributed by atoms with E-state index in [4.69, 9.17) is 9.47 Å². The van der Waals surface area contributed by atoms with Gasteiger partial charge in [0.1, 0.15) is 0 Å². The van der Waals surface area contributed by atoms with E-state index in [0.717, 1.165) is 18.2 Å². The summed E-state index contributed by atoms with van der Waals surface area (Å²) in [4.78, 5) is 11.4. The lowest BCUT2D eigenvalue weighted by atomic mass is 9.79. The first-order valence-electron chi connectivity index (χ1n) is 10.7. The first-order chi connectivity index (χ1) is 16.8. The van der Waals surface area contributed by atoms with E-state index in [0.29, 0.717) is 22.3 Å². The molecule has 3 aromatic carbocycles. The van der Waals surface area contributed by atoms with Crippen LogP contribution in [-0.2, 0) is 14.9 Å². The highest BCUT2D eigenvalue weighted by Crippen LogP contribution is 2.49. The third-order valence-corrected chi connectivity index (χ3v) is 6.32. The van der Waals surface area contributed by atoms with Gasteiger partial charge in [0, 0.05) is 30.1 Å². The second-order valence-electron chi connectivity index (χ2n) is 8.54. The van der Waals surface area contributed by atoms with Crippen LogP contribution in [0.25, 0.3) is 27.7 Å². The minimum atomic E-state index is -1.11. The number of hydrogen-bond donors (Lipinski definition) is 2. The van der Waals surface area contributed by atoms with Crippen molar-refractivity contribution in [1.29, 1.82) is 0 Å². The van der Waals surface area contributed by atoms with Crippen molar-refractivity contribution in [3.63, 3.8) is 0 Å². The number of aromatic hydroxyl groups is 1. The van der Waals surface area contributed by atoms with Crippen molar-refractivity contribution >= 4 is 16.9 Å². The highest BCUT2D eigenvalue weighted by Gasteiger charge is 2.46. The molecule has 0 unspecified atom stereocenters. The topological polar surface area (TPSA) is 80.9 Å². The molecule has 1 aliphatic heterocycles. The van der Waals surface area contributed by atoms with Gasteiger partial charge >= 0.3 is 5.97 Å². The number of aromatic carboxylic acids is 1. The molecule has 1 aromatic heterocycles. The second kappa shape index (κ2) is 8.44. The lowest BCUT2D eigenvalue weighted by molar-refractivity contribution is -0.0938. The number of ether oxygens (including phenoxy) is 2. The Morgan fingerprint density at radius 1 is 1.03 bits per heavy atom. The lowest BCUT2D eigenvalue weighted by Gasteiger charge is -2.42. The standard InChI is InChI=1S/C26H20F3NO5/c1-34-11-26(12-35-13-26)24-21(14-2-4-15(5-3-14)25(32)33)22-20(9-8-18(28)23(22)31)30(24)16-6-7-17(27)19(29)10-16/h2-10,31H,11-13H2,1H3,(H,32,33). The molecule has 0 saturated carbocycles. The molecule has 2 N–H and O–H groups in total. The van der Waals surface area contributed by atoms with E-state index in [-0.39, 0.29) is 36.5 Å². The molecule has 1 saturated heterocycles. The van der Waals surface area contributed by atoms with Crippen molar-refractivity contribution in [3.8, 4) is 22.6 Å². The predicted octanol–water partition coefficient (Wildman–Crippen LogP) is 5.03. The van der Waals surface area contributed by atoms with Crippen LogP contribution in [0.1, 0.15) is 16.1 Å². The van der Waals surface area contributed by atoms with Crippen molar-refractivity contribution in [1.82, 2.24) is 4.57 Å². The Labute approximate surface area is 197 Å². The van der Waals surface area contributed by atoms with E-state index in [1.54, 1.807) is 16.7 Å². The van der Waals surface area contributed by atoms with Crippen LogP contribution in [0.5, 0.6) is 5.75 Å². The maximum atomic E-state index is 14.6. The van der Waals surface area contributed by atoms with E-state index < -0.39 is 34.6 Å². The van der Waals surface area contributed by atoms with Gasteiger partial charge in [-0.25, -0.2) is 18.0 Å². The molecule has 4 aromatic rings. The summed E-state index contributed by atoms with van der Waals surface area (Å²) in [6, 6.07) is 11.9. The van der Waals surface area contributed by atoms with E-state index >= 15 is 0 Å². The smallest absolute Gasteiger partial charge is 0.335 e. The Bertz CT molecular complexity index is 1460. The van der Waals surface area contributed by atoms with E-state index in [9.17, 15) is 28.2 Å². The number of hydrogen-bond acceptors (Lipinski definition) is 4. The van der Waals surface area contributed by atoms with Crippen LogP contribution >= 0.6 is 0 Å². The number of aromatic nitrogens is 1. The van der Waals surface area contributed by atoms with Gasteiger partial charge in [-0.2, -0.15) is 0 Å². The largest absolute Gasteiger partial charge is 0.504 e. The summed E-state index contributed by atoms with van der Waals surface area (Å²) in [7, 11) is 1.52. The fourth-order valence-electron chi connectivity index (χ4n) is 4.71. The van der Waals surface area contributed by atoms with E-state index in [2.05, 4.69) is 0 Å². The molecule has 180 valence electrons. The van der Waals surface area contributed by atoms with Gasteiger partial charge in [-0.05, 0) is 42.0 Å². The number of carboxylic acids is 1. The molecule has 0 bridgehead atoms. The van der Waals surface area contributed by atoms with Crippen molar-refractivity contribution in [2.45, 2.75) is 5.41 Å². The van der Waals surface area contributed by atoms with Crippen LogP contribution in [-0.4, -0.2) is 47.7 Å². The maximum absolute atomic E-state index is 14.6. The van der Waals surface area contributed by atoms with Gasteiger partial charge < -0.3 is 24.3 Å². The van der Waals surface area contributed by atoms with Gasteiger partial charge in [-0.15, -0.1) is 0 Å². The summed E-state index contributed by atoms with van der Waals surface area (Å²) in [6.45, 7) is 0.644. The number of rotatable bonds is 6. The third-order valence-electron chi connectivity index (χ3n) is 6.32. The van der Waals surface area contributed by atoms with E-state index in [1.807, 2.05) is 0 Å². The van der Waals surface area contributed by atoms with Crippen LogP contribution in [0.4, 0.5) is 13.2 Å². The van der Waals surface area contributed by atoms with Crippen molar-refractivity contribution < 1.29 is 37.7 Å². The lowest BCUT2D eigenvalue weighted by Crippen LogP contribution is -2.51. The maximum Gasteiger partial charge on any atom is 0.335 e. The number of benzene rings is 3. The van der Waals surface area contributed by atoms with Crippen molar-refractivity contribution in [2.75, 3.05) is 26.9 Å². The van der Waals surface area contributed by atoms with Crippen LogP contribution in [0.15, 0.2) is 54.6 Å². The predicted molar refractivity (Wildman–Crippen MR) is 122 cm³/mol. The first kappa shape index (κ1) is 22.9. The average molecular weight is 483 g/mol. The van der Waals surface area contributed by atoms with Gasteiger partial charge in [0.15, 0.2) is 23.2 Å². The second-order valence-corrected chi connectivity index (χ2v) is 8.54. The van der Waals surface area contributed by atoms with Crippen molar-refractivity contribution in [2.24, 2.45) is 0 Å². The molecule has 0 amide bonds. The zero-order chi connectivity index (χ0) is 24.9. The van der Waals surface area contributed by atoms with Gasteiger partial charge in [0.2, 0.25) is 0 Å². The summed E-state index contributed by atoms with van der Waals surface area (Å²) in [6.07, 6.45) is 0. The van der Waals surface area contributed by atoms with Gasteiger partial charge in [-0.1, -0.05) is 12.1 Å². The monoisotopic (exact) mass is 483 g/mol. The summed E-state index contributed by atoms with van der Waals surface area (Å²) in [5, 5.41) is 20.3.